The first kappa shape index (κ1) is 17.1. The molecule has 0 amide bonds. The molecule has 142 valence electrons. The summed E-state index contributed by atoms with van der Waals surface area (Å²) in [6, 6.07) is 10.4. The number of nitrogens with zero attached hydrogens (tertiary/aromatic N) is 4. The number of hydrogen-bond donors (Lipinski definition) is 0. The maximum atomic E-state index is 5.54. The predicted octanol–water partition coefficient (Wildman–Crippen LogP) is 2.79. The van der Waals surface area contributed by atoms with Gasteiger partial charge in [-0.25, -0.2) is 9.97 Å². The van der Waals surface area contributed by atoms with Crippen molar-refractivity contribution in [2.75, 3.05) is 50.8 Å². The highest BCUT2D eigenvalue weighted by atomic mass is 16.5. The molecule has 2 saturated heterocycles. The van der Waals surface area contributed by atoms with Crippen LogP contribution in [0.5, 0.6) is 0 Å². The van der Waals surface area contributed by atoms with E-state index in [2.05, 4.69) is 34.1 Å². The molecule has 2 fully saturated rings. The fourth-order valence-corrected chi connectivity index (χ4v) is 4.63. The van der Waals surface area contributed by atoms with E-state index in [4.69, 9.17) is 14.7 Å². The van der Waals surface area contributed by atoms with Gasteiger partial charge in [0.2, 0.25) is 0 Å². The zero-order chi connectivity index (χ0) is 18.1. The Kier molecular flexibility index (Phi) is 4.80. The van der Waals surface area contributed by atoms with Gasteiger partial charge in [0.1, 0.15) is 5.82 Å². The molecule has 0 spiro atoms. The quantitative estimate of drug-likeness (QED) is 0.834. The fourth-order valence-electron chi connectivity index (χ4n) is 4.63. The van der Waals surface area contributed by atoms with Crippen LogP contribution in [0.1, 0.15) is 24.1 Å². The van der Waals surface area contributed by atoms with Crippen molar-refractivity contribution in [1.29, 1.82) is 0 Å². The number of hydrogen-bond acceptors (Lipinski definition) is 5. The van der Waals surface area contributed by atoms with E-state index in [0.717, 1.165) is 69.5 Å². The van der Waals surface area contributed by atoms with Crippen molar-refractivity contribution in [1.82, 2.24) is 14.9 Å². The third kappa shape index (κ3) is 3.58. The normalized spacial score (nSPS) is 23.0. The summed E-state index contributed by atoms with van der Waals surface area (Å²) in [5.41, 5.74) is 3.78. The number of aromatic nitrogens is 2. The Morgan fingerprint density at radius 1 is 1.00 bits per heavy atom. The summed E-state index contributed by atoms with van der Waals surface area (Å²) in [4.78, 5) is 15.0. The molecule has 5 nitrogen and oxygen atoms in total. The lowest BCUT2D eigenvalue weighted by Gasteiger charge is -2.37. The van der Waals surface area contributed by atoms with Crippen molar-refractivity contribution in [2.24, 2.45) is 5.92 Å². The lowest BCUT2D eigenvalue weighted by atomic mass is 10.1. The molecule has 1 aromatic carbocycles. The monoisotopic (exact) mass is 364 g/mol. The van der Waals surface area contributed by atoms with Gasteiger partial charge in [-0.1, -0.05) is 30.3 Å². The van der Waals surface area contributed by atoms with Gasteiger partial charge in [0.15, 0.2) is 5.82 Å². The van der Waals surface area contributed by atoms with Gasteiger partial charge in [0.05, 0.1) is 6.61 Å². The second-order valence-electron chi connectivity index (χ2n) is 8.03. The molecule has 5 heteroatoms. The Morgan fingerprint density at radius 3 is 2.63 bits per heavy atom. The van der Waals surface area contributed by atoms with E-state index in [1.54, 1.807) is 0 Å². The average molecular weight is 364 g/mol. The van der Waals surface area contributed by atoms with E-state index in [1.165, 1.54) is 36.5 Å². The minimum Gasteiger partial charge on any atom is -0.381 e. The number of ether oxygens (including phenoxy) is 1. The first-order valence-corrected chi connectivity index (χ1v) is 10.4. The van der Waals surface area contributed by atoms with Crippen molar-refractivity contribution in [3.63, 3.8) is 0 Å². The van der Waals surface area contributed by atoms with Crippen molar-refractivity contribution in [3.05, 3.63) is 41.6 Å². The molecule has 3 heterocycles. The van der Waals surface area contributed by atoms with Crippen LogP contribution in [0, 0.1) is 5.92 Å². The van der Waals surface area contributed by atoms with E-state index < -0.39 is 0 Å². The Labute approximate surface area is 161 Å². The van der Waals surface area contributed by atoms with E-state index in [-0.39, 0.29) is 0 Å². The van der Waals surface area contributed by atoms with Gasteiger partial charge in [-0.05, 0) is 31.6 Å². The van der Waals surface area contributed by atoms with Gasteiger partial charge < -0.3 is 9.64 Å². The topological polar surface area (TPSA) is 41.5 Å². The molecular formula is C22H28N4O. The van der Waals surface area contributed by atoms with E-state index in [9.17, 15) is 0 Å². The van der Waals surface area contributed by atoms with E-state index in [1.807, 2.05) is 6.07 Å². The minimum atomic E-state index is 0.726. The molecule has 2 aliphatic heterocycles. The van der Waals surface area contributed by atoms with Crippen LogP contribution in [0.3, 0.4) is 0 Å². The summed E-state index contributed by atoms with van der Waals surface area (Å²) in [6.45, 7) is 7.44. The van der Waals surface area contributed by atoms with Crippen LogP contribution < -0.4 is 4.90 Å². The highest BCUT2D eigenvalue weighted by Crippen LogP contribution is 2.32. The van der Waals surface area contributed by atoms with Crippen molar-refractivity contribution in [3.8, 4) is 11.4 Å². The molecule has 0 saturated carbocycles. The van der Waals surface area contributed by atoms with Crippen LogP contribution in [-0.2, 0) is 17.6 Å². The molecule has 5 rings (SSSR count). The number of rotatable bonds is 4. The molecule has 0 radical (unpaired) electrons. The maximum Gasteiger partial charge on any atom is 0.161 e. The second kappa shape index (κ2) is 7.56. The third-order valence-corrected chi connectivity index (χ3v) is 6.16. The Balaban J connectivity index is 1.35. The minimum absolute atomic E-state index is 0.726. The van der Waals surface area contributed by atoms with Crippen molar-refractivity contribution in [2.45, 2.75) is 25.7 Å². The Morgan fingerprint density at radius 2 is 1.85 bits per heavy atom. The van der Waals surface area contributed by atoms with Gasteiger partial charge in [-0.3, -0.25) is 4.90 Å². The summed E-state index contributed by atoms with van der Waals surface area (Å²) in [7, 11) is 0. The second-order valence-corrected chi connectivity index (χ2v) is 8.03. The molecule has 1 unspecified atom stereocenters. The largest absolute Gasteiger partial charge is 0.381 e. The molecule has 1 aliphatic carbocycles. The van der Waals surface area contributed by atoms with Crippen LogP contribution in [0.4, 0.5) is 5.82 Å². The van der Waals surface area contributed by atoms with Gasteiger partial charge in [0.25, 0.3) is 0 Å². The molecule has 0 bridgehead atoms. The van der Waals surface area contributed by atoms with Crippen LogP contribution in [-0.4, -0.2) is 60.8 Å². The van der Waals surface area contributed by atoms with E-state index in [0.29, 0.717) is 0 Å². The molecule has 27 heavy (non-hydrogen) atoms. The summed E-state index contributed by atoms with van der Waals surface area (Å²) >= 11 is 0. The first-order chi connectivity index (χ1) is 13.4. The first-order valence-electron chi connectivity index (χ1n) is 10.4. The van der Waals surface area contributed by atoms with Crippen LogP contribution >= 0.6 is 0 Å². The average Bonchev–Trinajstić information content (AvgIpc) is 3.40. The SMILES string of the molecule is c1ccc(-c2nc3c(c(N4CCN(CC5CCOC5)CC4)n2)CCC3)cc1. The highest BCUT2D eigenvalue weighted by Gasteiger charge is 2.27. The lowest BCUT2D eigenvalue weighted by Crippen LogP contribution is -2.48. The summed E-state index contributed by atoms with van der Waals surface area (Å²) in [5, 5.41) is 0. The molecule has 1 atom stereocenters. The maximum absolute atomic E-state index is 5.54. The third-order valence-electron chi connectivity index (χ3n) is 6.16. The lowest BCUT2D eigenvalue weighted by molar-refractivity contribution is 0.164. The van der Waals surface area contributed by atoms with Gasteiger partial charge in [-0.15, -0.1) is 0 Å². The Hall–Kier alpha value is -1.98. The number of anilines is 1. The van der Waals surface area contributed by atoms with Gasteiger partial charge in [-0.2, -0.15) is 0 Å². The van der Waals surface area contributed by atoms with Crippen molar-refractivity contribution < 1.29 is 4.74 Å². The smallest absolute Gasteiger partial charge is 0.161 e. The number of benzene rings is 1. The number of piperazine rings is 1. The highest BCUT2D eigenvalue weighted by molar-refractivity contribution is 5.61. The van der Waals surface area contributed by atoms with Gasteiger partial charge >= 0.3 is 0 Å². The standard InChI is InChI=1S/C22H28N4O/c1-2-5-18(6-3-1)21-23-20-8-4-7-19(20)22(24-21)26-12-10-25(11-13-26)15-17-9-14-27-16-17/h1-3,5-6,17H,4,7-16H2. The van der Waals surface area contributed by atoms with E-state index >= 15 is 0 Å². The predicted molar refractivity (Wildman–Crippen MR) is 107 cm³/mol. The number of aryl methyl sites for hydroxylation is 1. The fraction of sp³-hybridized carbons (Fsp3) is 0.545. The van der Waals surface area contributed by atoms with Crippen molar-refractivity contribution >= 4 is 5.82 Å². The van der Waals surface area contributed by atoms with Crippen LogP contribution in [0.2, 0.25) is 0 Å². The number of fused-ring (bicyclic) bond motifs is 1. The molecule has 1 aromatic heterocycles. The van der Waals surface area contributed by atoms with Crippen LogP contribution in [0.25, 0.3) is 11.4 Å². The molecule has 2 aromatic rings. The van der Waals surface area contributed by atoms with Crippen LogP contribution in [0.15, 0.2) is 30.3 Å². The summed E-state index contributed by atoms with van der Waals surface area (Å²) in [6.07, 6.45) is 4.64. The molecule has 3 aliphatic rings. The summed E-state index contributed by atoms with van der Waals surface area (Å²) < 4.78 is 5.54. The summed E-state index contributed by atoms with van der Waals surface area (Å²) in [5.74, 6) is 2.81. The Bertz CT molecular complexity index is 780. The zero-order valence-electron chi connectivity index (χ0n) is 15.9. The molecule has 0 N–H and O–H groups in total. The zero-order valence-corrected chi connectivity index (χ0v) is 15.9. The molecular weight excluding hydrogens is 336 g/mol. The van der Waals surface area contributed by atoms with Gasteiger partial charge in [0, 0.05) is 56.2 Å².